The van der Waals surface area contributed by atoms with Crippen molar-refractivity contribution in [2.75, 3.05) is 39.0 Å². The van der Waals surface area contributed by atoms with E-state index in [1.54, 1.807) is 29.0 Å². The lowest BCUT2D eigenvalue weighted by Crippen LogP contribution is -2.51. The third-order valence-corrected chi connectivity index (χ3v) is 6.97. The second-order valence-corrected chi connectivity index (χ2v) is 9.19. The maximum atomic E-state index is 12.9. The molecule has 1 saturated heterocycles. The molecule has 2 aromatic heterocycles. The normalized spacial score (nSPS) is 13.7. The fourth-order valence-corrected chi connectivity index (χ4v) is 5.00. The molecule has 35 heavy (non-hydrogen) atoms. The van der Waals surface area contributed by atoms with E-state index < -0.39 is 0 Å². The Morgan fingerprint density at radius 2 is 1.74 bits per heavy atom. The van der Waals surface area contributed by atoms with E-state index in [2.05, 4.69) is 12.1 Å². The molecule has 4 aromatic rings. The monoisotopic (exact) mass is 487 g/mol. The summed E-state index contributed by atoms with van der Waals surface area (Å²) in [4.78, 5) is 33.7. The molecule has 0 saturated carbocycles. The van der Waals surface area contributed by atoms with E-state index in [9.17, 15) is 9.59 Å². The van der Waals surface area contributed by atoms with E-state index in [-0.39, 0.29) is 17.6 Å². The number of thioether (sulfide) groups is 1. The molecule has 0 aliphatic carbocycles. The maximum absolute atomic E-state index is 12.9. The predicted molar refractivity (Wildman–Crippen MR) is 136 cm³/mol. The average molecular weight is 488 g/mol. The van der Waals surface area contributed by atoms with E-state index in [0.29, 0.717) is 31.9 Å². The molecular formula is C27H25N3O4S. The number of aromatic nitrogens is 1. The van der Waals surface area contributed by atoms with Crippen LogP contribution in [0.4, 0.5) is 0 Å². The van der Waals surface area contributed by atoms with Crippen LogP contribution >= 0.6 is 11.8 Å². The van der Waals surface area contributed by atoms with Crippen molar-refractivity contribution in [3.8, 4) is 16.9 Å². The van der Waals surface area contributed by atoms with Gasteiger partial charge < -0.3 is 19.0 Å². The highest BCUT2D eigenvalue weighted by Gasteiger charge is 2.26. The summed E-state index contributed by atoms with van der Waals surface area (Å²) < 4.78 is 10.6. The van der Waals surface area contributed by atoms with Gasteiger partial charge in [0.1, 0.15) is 5.75 Å². The number of carbonyl (C=O) groups excluding carboxylic acids is 2. The summed E-state index contributed by atoms with van der Waals surface area (Å²) in [6.07, 6.45) is 1.49. The Morgan fingerprint density at radius 1 is 0.971 bits per heavy atom. The lowest BCUT2D eigenvalue weighted by atomic mass is 10.0. The molecule has 8 heteroatoms. The quantitative estimate of drug-likeness (QED) is 0.371. The van der Waals surface area contributed by atoms with Gasteiger partial charge in [0.25, 0.3) is 5.91 Å². The fourth-order valence-electron chi connectivity index (χ4n) is 4.18. The lowest BCUT2D eigenvalue weighted by Gasteiger charge is -2.34. The van der Waals surface area contributed by atoms with E-state index in [1.807, 2.05) is 42.5 Å². The van der Waals surface area contributed by atoms with Crippen LogP contribution < -0.4 is 4.74 Å². The molecule has 2 aromatic carbocycles. The molecule has 0 unspecified atom stereocenters. The van der Waals surface area contributed by atoms with Gasteiger partial charge in [-0.25, -0.2) is 4.98 Å². The van der Waals surface area contributed by atoms with Crippen LogP contribution in [0.1, 0.15) is 10.6 Å². The minimum absolute atomic E-state index is 0.0360. The highest BCUT2D eigenvalue weighted by Crippen LogP contribution is 2.33. The molecule has 5 rings (SSSR count). The highest BCUT2D eigenvalue weighted by molar-refractivity contribution is 7.99. The Morgan fingerprint density at radius 3 is 2.46 bits per heavy atom. The van der Waals surface area contributed by atoms with Crippen LogP contribution in [0.15, 0.2) is 82.4 Å². The molecule has 178 valence electrons. The zero-order chi connectivity index (χ0) is 24.2. The summed E-state index contributed by atoms with van der Waals surface area (Å²) >= 11 is 1.43. The summed E-state index contributed by atoms with van der Waals surface area (Å²) in [5, 5.41) is 1.81. The number of rotatable bonds is 6. The van der Waals surface area contributed by atoms with Crippen LogP contribution in [0, 0.1) is 0 Å². The zero-order valence-corrected chi connectivity index (χ0v) is 20.2. The second kappa shape index (κ2) is 10.2. The van der Waals surface area contributed by atoms with Crippen molar-refractivity contribution in [2.45, 2.75) is 5.03 Å². The number of amides is 2. The van der Waals surface area contributed by atoms with Crippen molar-refractivity contribution in [3.63, 3.8) is 0 Å². The van der Waals surface area contributed by atoms with Gasteiger partial charge >= 0.3 is 0 Å². The topological polar surface area (TPSA) is 75.9 Å². The van der Waals surface area contributed by atoms with Gasteiger partial charge in [-0.15, -0.1) is 0 Å². The number of methoxy groups -OCH3 is 1. The van der Waals surface area contributed by atoms with Crippen LogP contribution in [0.25, 0.3) is 22.0 Å². The minimum Gasteiger partial charge on any atom is -0.497 e. The number of nitrogens with zero attached hydrogens (tertiary/aromatic N) is 3. The van der Waals surface area contributed by atoms with Crippen molar-refractivity contribution in [1.29, 1.82) is 0 Å². The molecule has 0 spiro atoms. The van der Waals surface area contributed by atoms with Crippen LogP contribution in [0.2, 0.25) is 0 Å². The lowest BCUT2D eigenvalue weighted by molar-refractivity contribution is -0.129. The first-order valence-corrected chi connectivity index (χ1v) is 12.4. The first-order chi connectivity index (χ1) is 17.1. The number of hydrogen-bond donors (Lipinski definition) is 0. The highest BCUT2D eigenvalue weighted by atomic mass is 32.2. The zero-order valence-electron chi connectivity index (χ0n) is 19.3. The third kappa shape index (κ3) is 5.02. The molecule has 0 atom stereocenters. The first-order valence-electron chi connectivity index (χ1n) is 11.4. The number of carbonyl (C=O) groups is 2. The number of hydrogen-bond acceptors (Lipinski definition) is 6. The summed E-state index contributed by atoms with van der Waals surface area (Å²) in [6.45, 7) is 1.98. The SMILES string of the molecule is COc1ccc2c(-c3ccccc3)cc(SCC(=O)N3CCN(C(=O)c4ccco4)CC3)nc2c1. The molecule has 0 bridgehead atoms. The van der Waals surface area contributed by atoms with Crippen LogP contribution in [-0.2, 0) is 4.79 Å². The Kier molecular flexibility index (Phi) is 6.72. The van der Waals surface area contributed by atoms with Crippen LogP contribution in [0.5, 0.6) is 5.75 Å². The Hall–Kier alpha value is -3.78. The summed E-state index contributed by atoms with van der Waals surface area (Å²) in [5.41, 5.74) is 2.99. The van der Waals surface area contributed by atoms with Gasteiger partial charge in [0.2, 0.25) is 5.91 Å². The van der Waals surface area contributed by atoms with E-state index in [1.165, 1.54) is 18.0 Å². The average Bonchev–Trinajstić information content (AvgIpc) is 3.46. The number of furan rings is 1. The minimum atomic E-state index is -0.138. The number of pyridine rings is 1. The predicted octanol–water partition coefficient (Wildman–Crippen LogP) is 4.58. The fraction of sp³-hybridized carbons (Fsp3) is 0.222. The molecule has 0 radical (unpaired) electrons. The van der Waals surface area contributed by atoms with Gasteiger partial charge in [0, 0.05) is 37.6 Å². The second-order valence-electron chi connectivity index (χ2n) is 8.20. The standard InChI is InChI=1S/C27H25N3O4S/c1-33-20-9-10-21-22(19-6-3-2-4-7-19)17-25(28-23(21)16-20)35-18-26(31)29-11-13-30(14-12-29)27(32)24-8-5-15-34-24/h2-10,15-17H,11-14,18H2,1H3. The van der Waals surface area contributed by atoms with Gasteiger partial charge in [-0.1, -0.05) is 42.1 Å². The molecular weight excluding hydrogens is 462 g/mol. The van der Waals surface area contributed by atoms with Gasteiger partial charge in [-0.2, -0.15) is 0 Å². The van der Waals surface area contributed by atoms with Crippen molar-refractivity contribution in [1.82, 2.24) is 14.8 Å². The summed E-state index contributed by atoms with van der Waals surface area (Å²) in [7, 11) is 1.64. The van der Waals surface area contributed by atoms with Crippen LogP contribution in [-0.4, -0.2) is 65.6 Å². The van der Waals surface area contributed by atoms with Crippen molar-refractivity contribution in [2.24, 2.45) is 0 Å². The van der Waals surface area contributed by atoms with Gasteiger partial charge in [-0.05, 0) is 41.5 Å². The van der Waals surface area contributed by atoms with Gasteiger partial charge in [0.05, 0.1) is 29.7 Å². The number of piperazine rings is 1. The Labute approximate surface area is 207 Å². The molecule has 1 aliphatic rings. The molecule has 2 amide bonds. The smallest absolute Gasteiger partial charge is 0.289 e. The van der Waals surface area contributed by atoms with Crippen molar-refractivity contribution < 1.29 is 18.7 Å². The van der Waals surface area contributed by atoms with Crippen molar-refractivity contribution >= 4 is 34.5 Å². The largest absolute Gasteiger partial charge is 0.497 e. The molecule has 1 aliphatic heterocycles. The van der Waals surface area contributed by atoms with Gasteiger partial charge in [-0.3, -0.25) is 9.59 Å². The summed E-state index contributed by atoms with van der Waals surface area (Å²) in [6, 6.07) is 21.4. The Balaban J connectivity index is 1.28. The van der Waals surface area contributed by atoms with Crippen molar-refractivity contribution in [3.05, 3.63) is 78.8 Å². The Bertz CT molecular complexity index is 1330. The van der Waals surface area contributed by atoms with Crippen LogP contribution in [0.3, 0.4) is 0 Å². The number of fused-ring (bicyclic) bond motifs is 1. The molecule has 0 N–H and O–H groups in total. The number of ether oxygens (including phenoxy) is 1. The molecule has 1 fully saturated rings. The van der Waals surface area contributed by atoms with Gasteiger partial charge in [0.15, 0.2) is 5.76 Å². The third-order valence-electron chi connectivity index (χ3n) is 6.07. The van der Waals surface area contributed by atoms with E-state index in [4.69, 9.17) is 14.1 Å². The molecule has 7 nitrogen and oxygen atoms in total. The number of benzene rings is 2. The summed E-state index contributed by atoms with van der Waals surface area (Å²) in [5.74, 6) is 1.25. The maximum Gasteiger partial charge on any atom is 0.289 e. The molecule has 3 heterocycles. The van der Waals surface area contributed by atoms with E-state index >= 15 is 0 Å². The van der Waals surface area contributed by atoms with E-state index in [0.717, 1.165) is 32.8 Å². The first kappa shape index (κ1) is 23.0.